The fourth-order valence-corrected chi connectivity index (χ4v) is 2.30. The van der Waals surface area contributed by atoms with Crippen LogP contribution in [0.25, 0.3) is 0 Å². The standard InChI is InChI=1S/C12H18N2OS/c1-7-4-5-11(10(6-7)12(13)14)16-9(3)8(2)15/h4-6,8-9,15H,1-3H3,(H3,13,14). The first-order valence-electron chi connectivity index (χ1n) is 5.21. The molecular weight excluding hydrogens is 220 g/mol. The van der Waals surface area contributed by atoms with E-state index < -0.39 is 0 Å². The lowest BCUT2D eigenvalue weighted by atomic mass is 10.1. The number of hydrogen-bond donors (Lipinski definition) is 3. The van der Waals surface area contributed by atoms with E-state index in [0.717, 1.165) is 16.0 Å². The van der Waals surface area contributed by atoms with Crippen molar-refractivity contribution in [2.24, 2.45) is 5.73 Å². The van der Waals surface area contributed by atoms with Crippen LogP contribution in [0.5, 0.6) is 0 Å². The number of nitrogens with one attached hydrogen (secondary N) is 1. The van der Waals surface area contributed by atoms with E-state index in [1.807, 2.05) is 32.0 Å². The molecular formula is C12H18N2OS. The highest BCUT2D eigenvalue weighted by Crippen LogP contribution is 2.28. The van der Waals surface area contributed by atoms with E-state index in [2.05, 4.69) is 0 Å². The molecule has 0 bridgehead atoms. The second kappa shape index (κ2) is 5.37. The summed E-state index contributed by atoms with van der Waals surface area (Å²) in [7, 11) is 0. The Morgan fingerprint density at radius 2 is 2.06 bits per heavy atom. The lowest BCUT2D eigenvalue weighted by molar-refractivity contribution is 0.196. The first-order valence-corrected chi connectivity index (χ1v) is 6.09. The number of aryl methyl sites for hydroxylation is 1. The van der Waals surface area contributed by atoms with Crippen molar-refractivity contribution >= 4 is 17.6 Å². The van der Waals surface area contributed by atoms with Gasteiger partial charge in [0, 0.05) is 15.7 Å². The minimum absolute atomic E-state index is 0.0731. The van der Waals surface area contributed by atoms with Gasteiger partial charge in [-0.25, -0.2) is 0 Å². The van der Waals surface area contributed by atoms with Gasteiger partial charge in [0.05, 0.1) is 6.10 Å². The van der Waals surface area contributed by atoms with Gasteiger partial charge in [0.1, 0.15) is 5.84 Å². The number of nitrogens with two attached hydrogens (primary N) is 1. The summed E-state index contributed by atoms with van der Waals surface area (Å²) in [4.78, 5) is 0.950. The topological polar surface area (TPSA) is 70.1 Å². The number of thioether (sulfide) groups is 1. The Hall–Kier alpha value is -1.00. The normalized spacial score (nSPS) is 14.5. The largest absolute Gasteiger partial charge is 0.392 e. The van der Waals surface area contributed by atoms with Crippen LogP contribution in [0.4, 0.5) is 0 Å². The third-order valence-electron chi connectivity index (χ3n) is 2.42. The summed E-state index contributed by atoms with van der Waals surface area (Å²) in [6, 6.07) is 5.85. The molecule has 88 valence electrons. The van der Waals surface area contributed by atoms with Crippen molar-refractivity contribution in [3.63, 3.8) is 0 Å². The van der Waals surface area contributed by atoms with Gasteiger partial charge in [-0.15, -0.1) is 11.8 Å². The number of aliphatic hydroxyl groups is 1. The summed E-state index contributed by atoms with van der Waals surface area (Å²) in [6.07, 6.45) is -0.383. The molecule has 4 N–H and O–H groups in total. The maximum Gasteiger partial charge on any atom is 0.123 e. The van der Waals surface area contributed by atoms with Gasteiger partial charge in [0.15, 0.2) is 0 Å². The Bertz CT molecular complexity index is 391. The van der Waals surface area contributed by atoms with Gasteiger partial charge in [0.25, 0.3) is 0 Å². The van der Waals surface area contributed by atoms with Crippen molar-refractivity contribution in [3.8, 4) is 0 Å². The van der Waals surface area contributed by atoms with Crippen molar-refractivity contribution in [1.29, 1.82) is 5.41 Å². The van der Waals surface area contributed by atoms with Crippen LogP contribution in [0.15, 0.2) is 23.1 Å². The first kappa shape index (κ1) is 13.1. The van der Waals surface area contributed by atoms with E-state index in [1.165, 1.54) is 0 Å². The van der Waals surface area contributed by atoms with Crippen molar-refractivity contribution in [3.05, 3.63) is 29.3 Å². The van der Waals surface area contributed by atoms with Crippen LogP contribution in [0, 0.1) is 12.3 Å². The van der Waals surface area contributed by atoms with Crippen LogP contribution in [0.2, 0.25) is 0 Å². The van der Waals surface area contributed by atoms with Gasteiger partial charge in [0.2, 0.25) is 0 Å². The first-order chi connectivity index (χ1) is 7.41. The Labute approximate surface area is 101 Å². The molecule has 1 aromatic carbocycles. The quantitative estimate of drug-likeness (QED) is 0.427. The van der Waals surface area contributed by atoms with Gasteiger partial charge in [-0.1, -0.05) is 18.6 Å². The van der Waals surface area contributed by atoms with Crippen molar-refractivity contribution in [2.45, 2.75) is 37.0 Å². The summed E-state index contributed by atoms with van der Waals surface area (Å²) < 4.78 is 0. The number of rotatable bonds is 4. The Kier molecular flexibility index (Phi) is 4.38. The van der Waals surface area contributed by atoms with Gasteiger partial charge in [-0.3, -0.25) is 5.41 Å². The summed E-state index contributed by atoms with van der Waals surface area (Å²) in [5.41, 5.74) is 7.37. The van der Waals surface area contributed by atoms with Gasteiger partial charge < -0.3 is 10.8 Å². The van der Waals surface area contributed by atoms with Gasteiger partial charge >= 0.3 is 0 Å². The maximum absolute atomic E-state index is 9.46. The number of benzene rings is 1. The molecule has 16 heavy (non-hydrogen) atoms. The molecule has 3 nitrogen and oxygen atoms in total. The molecule has 0 aromatic heterocycles. The van der Waals surface area contributed by atoms with Crippen molar-refractivity contribution in [1.82, 2.24) is 0 Å². The molecule has 2 unspecified atom stereocenters. The van der Waals surface area contributed by atoms with Crippen molar-refractivity contribution < 1.29 is 5.11 Å². The van der Waals surface area contributed by atoms with Crippen LogP contribution in [-0.4, -0.2) is 22.3 Å². The smallest absolute Gasteiger partial charge is 0.123 e. The summed E-state index contributed by atoms with van der Waals surface area (Å²) in [5.74, 6) is 0.0731. The van der Waals surface area contributed by atoms with E-state index in [1.54, 1.807) is 18.7 Å². The van der Waals surface area contributed by atoms with E-state index in [-0.39, 0.29) is 17.2 Å². The number of nitrogen functional groups attached to an aromatic ring is 1. The van der Waals surface area contributed by atoms with Crippen LogP contribution in [0.1, 0.15) is 25.0 Å². The molecule has 0 spiro atoms. The molecule has 0 heterocycles. The highest BCUT2D eigenvalue weighted by molar-refractivity contribution is 8.00. The molecule has 0 fully saturated rings. The molecule has 0 amide bonds. The van der Waals surface area contributed by atoms with Gasteiger partial charge in [-0.05, 0) is 26.0 Å². The van der Waals surface area contributed by atoms with E-state index in [9.17, 15) is 5.11 Å². The van der Waals surface area contributed by atoms with Crippen LogP contribution in [0.3, 0.4) is 0 Å². The van der Waals surface area contributed by atoms with E-state index in [4.69, 9.17) is 11.1 Å². The predicted octanol–water partition coefficient (Wildman–Crippen LogP) is 2.14. The molecule has 0 aliphatic heterocycles. The second-order valence-electron chi connectivity index (χ2n) is 3.98. The minimum Gasteiger partial charge on any atom is -0.392 e. The van der Waals surface area contributed by atoms with Crippen LogP contribution >= 0.6 is 11.8 Å². The lowest BCUT2D eigenvalue weighted by Crippen LogP contribution is -2.17. The lowest BCUT2D eigenvalue weighted by Gasteiger charge is -2.16. The average molecular weight is 238 g/mol. The number of hydrogen-bond acceptors (Lipinski definition) is 3. The second-order valence-corrected chi connectivity index (χ2v) is 5.40. The zero-order valence-corrected chi connectivity index (χ0v) is 10.6. The monoisotopic (exact) mass is 238 g/mol. The average Bonchev–Trinajstić information content (AvgIpc) is 2.20. The Balaban J connectivity index is 2.99. The summed E-state index contributed by atoms with van der Waals surface area (Å²) in [5, 5.41) is 17.1. The Morgan fingerprint density at radius 1 is 1.44 bits per heavy atom. The maximum atomic E-state index is 9.46. The SMILES string of the molecule is Cc1ccc(SC(C)C(C)O)c(C(=N)N)c1. The molecule has 4 heteroatoms. The Morgan fingerprint density at radius 3 is 2.56 bits per heavy atom. The van der Waals surface area contributed by atoms with E-state index in [0.29, 0.717) is 0 Å². The van der Waals surface area contributed by atoms with E-state index >= 15 is 0 Å². The molecule has 0 aliphatic rings. The van der Waals surface area contributed by atoms with Crippen LogP contribution < -0.4 is 5.73 Å². The zero-order valence-electron chi connectivity index (χ0n) is 9.82. The predicted molar refractivity (Wildman–Crippen MR) is 69.2 cm³/mol. The highest BCUT2D eigenvalue weighted by Gasteiger charge is 2.14. The highest BCUT2D eigenvalue weighted by atomic mass is 32.2. The zero-order chi connectivity index (χ0) is 12.3. The van der Waals surface area contributed by atoms with Crippen molar-refractivity contribution in [2.75, 3.05) is 0 Å². The molecule has 0 saturated carbocycles. The summed E-state index contributed by atoms with van der Waals surface area (Å²) in [6.45, 7) is 5.69. The van der Waals surface area contributed by atoms with Crippen LogP contribution in [-0.2, 0) is 0 Å². The molecule has 2 atom stereocenters. The molecule has 1 rings (SSSR count). The minimum atomic E-state index is -0.383. The number of amidine groups is 1. The third kappa shape index (κ3) is 3.25. The fourth-order valence-electron chi connectivity index (χ4n) is 1.26. The molecule has 0 radical (unpaired) electrons. The summed E-state index contributed by atoms with van der Waals surface area (Å²) >= 11 is 1.54. The molecule has 1 aromatic rings. The third-order valence-corrected chi connectivity index (χ3v) is 3.79. The van der Waals surface area contributed by atoms with Gasteiger partial charge in [-0.2, -0.15) is 0 Å². The molecule has 0 aliphatic carbocycles. The molecule has 0 saturated heterocycles. The fraction of sp³-hybridized carbons (Fsp3) is 0.417. The number of aliphatic hydroxyl groups excluding tert-OH is 1.